The molecule has 0 aliphatic carbocycles. The largest absolute Gasteiger partial charge is 0.378 e. The first kappa shape index (κ1) is 8.33. The fraction of sp³-hybridized carbons (Fsp3) is 0.857. The van der Waals surface area contributed by atoms with Crippen LogP contribution >= 0.6 is 0 Å². The molecule has 11 heavy (non-hydrogen) atoms. The molecular formula is C7H15N3O. The molecule has 4 nitrogen and oxygen atoms in total. The zero-order valence-electron chi connectivity index (χ0n) is 7.16. The highest BCUT2D eigenvalue weighted by Crippen LogP contribution is 1.92. The van der Waals surface area contributed by atoms with Crippen molar-refractivity contribution >= 4 is 6.34 Å². The second-order valence-electron chi connectivity index (χ2n) is 2.73. The summed E-state index contributed by atoms with van der Waals surface area (Å²) in [5, 5.41) is 5.91. The van der Waals surface area contributed by atoms with Gasteiger partial charge in [0, 0.05) is 27.2 Å². The van der Waals surface area contributed by atoms with Crippen LogP contribution in [0.2, 0.25) is 0 Å². The van der Waals surface area contributed by atoms with Gasteiger partial charge < -0.3 is 14.6 Å². The fourth-order valence-corrected chi connectivity index (χ4v) is 0.869. The number of hydrogen-bond donors (Lipinski definition) is 0. The Morgan fingerprint density at radius 2 is 2.00 bits per heavy atom. The molecule has 0 atom stereocenters. The van der Waals surface area contributed by atoms with Gasteiger partial charge in [0.1, 0.15) is 6.34 Å². The van der Waals surface area contributed by atoms with Crippen LogP contribution in [-0.4, -0.2) is 56.6 Å². The molecule has 0 aromatic heterocycles. The van der Waals surface area contributed by atoms with Gasteiger partial charge in [-0.1, -0.05) is 0 Å². The summed E-state index contributed by atoms with van der Waals surface area (Å²) in [6.07, 6.45) is 1.86. The van der Waals surface area contributed by atoms with E-state index in [4.69, 9.17) is 4.74 Å². The van der Waals surface area contributed by atoms with E-state index >= 15 is 0 Å². The third-order valence-corrected chi connectivity index (χ3v) is 1.49. The van der Waals surface area contributed by atoms with Gasteiger partial charge in [0.15, 0.2) is 0 Å². The van der Waals surface area contributed by atoms with E-state index in [9.17, 15) is 0 Å². The van der Waals surface area contributed by atoms with Gasteiger partial charge in [0.2, 0.25) is 0 Å². The van der Waals surface area contributed by atoms with Crippen molar-refractivity contribution in [2.24, 2.45) is 5.10 Å². The first-order chi connectivity index (χ1) is 5.29. The Labute approximate surface area is 67.4 Å². The topological polar surface area (TPSA) is 28.1 Å². The maximum absolute atomic E-state index is 5.19. The number of rotatable bonds is 2. The molecular weight excluding hydrogens is 142 g/mol. The Balaban J connectivity index is 2.23. The van der Waals surface area contributed by atoms with Crippen LogP contribution in [-0.2, 0) is 4.74 Å². The van der Waals surface area contributed by atoms with Crippen LogP contribution in [0.4, 0.5) is 0 Å². The van der Waals surface area contributed by atoms with Gasteiger partial charge in [-0.3, -0.25) is 0 Å². The molecule has 0 N–H and O–H groups in total. The molecule has 1 fully saturated rings. The highest BCUT2D eigenvalue weighted by Gasteiger charge is 2.05. The molecule has 1 heterocycles. The van der Waals surface area contributed by atoms with Crippen molar-refractivity contribution in [1.29, 1.82) is 0 Å². The van der Waals surface area contributed by atoms with Crippen molar-refractivity contribution in [3.05, 3.63) is 0 Å². The van der Waals surface area contributed by atoms with E-state index in [0.29, 0.717) is 0 Å². The molecule has 0 aromatic carbocycles. The minimum atomic E-state index is 0.819. The van der Waals surface area contributed by atoms with E-state index < -0.39 is 0 Å². The van der Waals surface area contributed by atoms with E-state index in [2.05, 4.69) is 10.0 Å². The molecule has 0 saturated carbocycles. The average molecular weight is 157 g/mol. The Bertz CT molecular complexity index is 130. The molecule has 0 bridgehead atoms. The van der Waals surface area contributed by atoms with Crippen molar-refractivity contribution in [3.8, 4) is 0 Å². The Kier molecular flexibility index (Phi) is 3.16. The lowest BCUT2D eigenvalue weighted by atomic mass is 10.5. The van der Waals surface area contributed by atoms with Gasteiger partial charge in [-0.25, -0.2) is 0 Å². The molecule has 1 aliphatic heterocycles. The van der Waals surface area contributed by atoms with Crippen LogP contribution in [0, 0.1) is 0 Å². The number of ether oxygens (including phenoxy) is 1. The zero-order valence-corrected chi connectivity index (χ0v) is 7.16. The van der Waals surface area contributed by atoms with Gasteiger partial charge in [-0.15, -0.1) is 0 Å². The summed E-state index contributed by atoms with van der Waals surface area (Å²) in [6.45, 7) is 3.55. The van der Waals surface area contributed by atoms with E-state index in [0.717, 1.165) is 26.3 Å². The average Bonchev–Trinajstić information content (AvgIpc) is 2.03. The molecule has 1 saturated heterocycles. The lowest BCUT2D eigenvalue weighted by Crippen LogP contribution is -2.35. The number of hydrogen-bond acceptors (Lipinski definition) is 3. The quantitative estimate of drug-likeness (QED) is 0.316. The fourth-order valence-electron chi connectivity index (χ4n) is 0.869. The summed E-state index contributed by atoms with van der Waals surface area (Å²) >= 11 is 0. The van der Waals surface area contributed by atoms with E-state index in [1.165, 1.54) is 0 Å². The van der Waals surface area contributed by atoms with E-state index in [-0.39, 0.29) is 0 Å². The monoisotopic (exact) mass is 157 g/mol. The summed E-state index contributed by atoms with van der Waals surface area (Å²) in [7, 11) is 3.83. The van der Waals surface area contributed by atoms with Crippen molar-refractivity contribution in [1.82, 2.24) is 9.91 Å². The molecule has 0 unspecified atom stereocenters. The lowest BCUT2D eigenvalue weighted by Gasteiger charge is -2.24. The van der Waals surface area contributed by atoms with Crippen LogP contribution in [0.15, 0.2) is 5.10 Å². The SMILES string of the molecule is CN(C)N=CN1CCOCC1. The van der Waals surface area contributed by atoms with Gasteiger partial charge in [-0.05, 0) is 0 Å². The predicted octanol–water partition coefficient (Wildman–Crippen LogP) is -0.177. The summed E-state index contributed by atoms with van der Waals surface area (Å²) in [5.41, 5.74) is 0. The Hall–Kier alpha value is -0.770. The van der Waals surface area contributed by atoms with Gasteiger partial charge in [0.05, 0.1) is 13.2 Å². The zero-order chi connectivity index (χ0) is 8.10. The summed E-state index contributed by atoms with van der Waals surface area (Å²) < 4.78 is 5.19. The molecule has 1 aliphatic rings. The first-order valence-electron chi connectivity index (χ1n) is 3.82. The van der Waals surface area contributed by atoms with Crippen molar-refractivity contribution < 1.29 is 4.74 Å². The van der Waals surface area contributed by atoms with Crippen LogP contribution in [0.25, 0.3) is 0 Å². The number of hydrazone groups is 1. The highest BCUT2D eigenvalue weighted by atomic mass is 16.5. The smallest absolute Gasteiger partial charge is 0.111 e. The normalized spacial score (nSPS) is 19.3. The maximum atomic E-state index is 5.19. The van der Waals surface area contributed by atoms with E-state index in [1.807, 2.05) is 20.4 Å². The molecule has 4 heteroatoms. The lowest BCUT2D eigenvalue weighted by molar-refractivity contribution is 0.0695. The Morgan fingerprint density at radius 3 is 2.55 bits per heavy atom. The maximum Gasteiger partial charge on any atom is 0.111 e. The van der Waals surface area contributed by atoms with Crippen LogP contribution in [0.3, 0.4) is 0 Å². The highest BCUT2D eigenvalue weighted by molar-refractivity contribution is 5.54. The summed E-state index contributed by atoms with van der Waals surface area (Å²) in [4.78, 5) is 2.16. The van der Waals surface area contributed by atoms with Crippen LogP contribution in [0.5, 0.6) is 0 Å². The third-order valence-electron chi connectivity index (χ3n) is 1.49. The Morgan fingerprint density at radius 1 is 1.36 bits per heavy atom. The van der Waals surface area contributed by atoms with Crippen LogP contribution in [0.1, 0.15) is 0 Å². The number of nitrogens with zero attached hydrogens (tertiary/aromatic N) is 3. The molecule has 1 rings (SSSR count). The molecule has 64 valence electrons. The van der Waals surface area contributed by atoms with E-state index in [1.54, 1.807) is 5.01 Å². The molecule has 0 aromatic rings. The molecule has 0 amide bonds. The standard InChI is InChI=1S/C7H15N3O/c1-9(2)8-7-10-3-5-11-6-4-10/h7H,3-6H2,1-2H3. The summed E-state index contributed by atoms with van der Waals surface area (Å²) in [5.74, 6) is 0. The van der Waals surface area contributed by atoms with Crippen LogP contribution < -0.4 is 0 Å². The second kappa shape index (κ2) is 4.18. The van der Waals surface area contributed by atoms with Gasteiger partial charge >= 0.3 is 0 Å². The van der Waals surface area contributed by atoms with Gasteiger partial charge in [-0.2, -0.15) is 5.10 Å². The predicted molar refractivity (Wildman–Crippen MR) is 44.6 cm³/mol. The van der Waals surface area contributed by atoms with Crippen molar-refractivity contribution in [2.75, 3.05) is 40.4 Å². The van der Waals surface area contributed by atoms with Crippen molar-refractivity contribution in [2.45, 2.75) is 0 Å². The number of morpholine rings is 1. The molecule has 0 spiro atoms. The third kappa shape index (κ3) is 3.23. The van der Waals surface area contributed by atoms with Gasteiger partial charge in [0.25, 0.3) is 0 Å². The first-order valence-corrected chi connectivity index (χ1v) is 3.82. The van der Waals surface area contributed by atoms with Crippen molar-refractivity contribution in [3.63, 3.8) is 0 Å². The summed E-state index contributed by atoms with van der Waals surface area (Å²) in [6, 6.07) is 0. The minimum Gasteiger partial charge on any atom is -0.378 e. The minimum absolute atomic E-state index is 0.819. The second-order valence-corrected chi connectivity index (χ2v) is 2.73. The molecule has 0 radical (unpaired) electrons.